The van der Waals surface area contributed by atoms with Gasteiger partial charge in [-0.25, -0.2) is 22.8 Å². The highest BCUT2D eigenvalue weighted by atomic mass is 32.2. The van der Waals surface area contributed by atoms with E-state index in [0.717, 1.165) is 38.0 Å². The first-order valence-electron chi connectivity index (χ1n) is 10.9. The van der Waals surface area contributed by atoms with Crippen molar-refractivity contribution < 1.29 is 27.1 Å². The monoisotopic (exact) mass is 479 g/mol. The van der Waals surface area contributed by atoms with Gasteiger partial charge in [0, 0.05) is 12.2 Å². The van der Waals surface area contributed by atoms with Crippen LogP contribution in [-0.4, -0.2) is 36.7 Å². The van der Waals surface area contributed by atoms with Gasteiger partial charge in [0.2, 0.25) is 17.7 Å². The molecular weight excluding hydrogens is 449 g/mol. The number of primary amides is 1. The number of sulfone groups is 1. The molecule has 1 amide bonds. The van der Waals surface area contributed by atoms with Crippen molar-refractivity contribution in [2.75, 3.05) is 6.26 Å². The van der Waals surface area contributed by atoms with E-state index in [2.05, 4.69) is 9.97 Å². The number of aromatic nitrogens is 2. The lowest BCUT2D eigenvalue weighted by molar-refractivity contribution is -0.125. The minimum atomic E-state index is -3.53. The Morgan fingerprint density at radius 2 is 1.79 bits per heavy atom. The molecular formula is C23H30FN3O5S. The molecule has 1 fully saturated rings. The maximum absolute atomic E-state index is 14.4. The minimum Gasteiger partial charge on any atom is -0.474 e. The van der Waals surface area contributed by atoms with Crippen molar-refractivity contribution in [3.05, 3.63) is 35.9 Å². The topological polar surface area (TPSA) is 121 Å². The number of hydrogen-bond donors (Lipinski definition) is 1. The maximum atomic E-state index is 14.4. The summed E-state index contributed by atoms with van der Waals surface area (Å²) < 4.78 is 49.3. The van der Waals surface area contributed by atoms with Crippen LogP contribution in [0.5, 0.6) is 17.5 Å². The maximum Gasteiger partial charge on any atom is 0.229 e. The van der Waals surface area contributed by atoms with Crippen molar-refractivity contribution in [3.8, 4) is 17.5 Å². The number of nitrogens with zero attached hydrogens (tertiary/aromatic N) is 2. The molecule has 0 saturated heterocycles. The number of carbonyl (C=O) groups excluding carboxylic acids is 1. The van der Waals surface area contributed by atoms with Crippen LogP contribution in [0.4, 0.5) is 4.39 Å². The van der Waals surface area contributed by atoms with Gasteiger partial charge in [0.05, 0.1) is 10.5 Å². The number of amides is 1. The van der Waals surface area contributed by atoms with Crippen molar-refractivity contribution in [2.45, 2.75) is 57.5 Å². The van der Waals surface area contributed by atoms with E-state index in [1.165, 1.54) is 18.5 Å². The molecule has 1 unspecified atom stereocenters. The third-order valence-corrected chi connectivity index (χ3v) is 7.19. The number of nitrogens with two attached hydrogens (primary N) is 1. The van der Waals surface area contributed by atoms with Gasteiger partial charge in [-0.1, -0.05) is 13.8 Å². The molecule has 1 atom stereocenters. The van der Waals surface area contributed by atoms with Gasteiger partial charge >= 0.3 is 0 Å². The predicted molar refractivity (Wildman–Crippen MR) is 120 cm³/mol. The van der Waals surface area contributed by atoms with E-state index >= 15 is 0 Å². The second kappa shape index (κ2) is 10.0. The average Bonchev–Trinajstić information content (AvgIpc) is 2.72. The van der Waals surface area contributed by atoms with Crippen molar-refractivity contribution in [2.24, 2.45) is 23.5 Å². The molecule has 1 saturated carbocycles. The summed E-state index contributed by atoms with van der Waals surface area (Å²) in [5, 5.41) is 0. The lowest BCUT2D eigenvalue weighted by atomic mass is 9.74. The Hall–Kier alpha value is -2.75. The molecule has 1 aliphatic carbocycles. The first kappa shape index (κ1) is 24.9. The van der Waals surface area contributed by atoms with Gasteiger partial charge in [0.15, 0.2) is 21.4 Å². The van der Waals surface area contributed by atoms with Gasteiger partial charge in [-0.15, -0.1) is 0 Å². The third-order valence-electron chi connectivity index (χ3n) is 6.08. The molecule has 33 heavy (non-hydrogen) atoms. The second-order valence-corrected chi connectivity index (χ2v) is 10.9. The van der Waals surface area contributed by atoms with Crippen LogP contribution in [0.15, 0.2) is 29.4 Å². The number of benzene rings is 1. The quantitative estimate of drug-likeness (QED) is 0.611. The zero-order chi connectivity index (χ0) is 24.3. The molecule has 10 heteroatoms. The normalized spacial score (nSPS) is 19.8. The van der Waals surface area contributed by atoms with Crippen LogP contribution >= 0.6 is 0 Å². The van der Waals surface area contributed by atoms with Gasteiger partial charge in [-0.2, -0.15) is 0 Å². The van der Waals surface area contributed by atoms with Gasteiger partial charge in [0.25, 0.3) is 0 Å². The van der Waals surface area contributed by atoms with E-state index in [0.29, 0.717) is 11.4 Å². The smallest absolute Gasteiger partial charge is 0.229 e. The predicted octanol–water partition coefficient (Wildman–Crippen LogP) is 3.82. The Labute approximate surface area is 193 Å². The fraction of sp³-hybridized carbons (Fsp3) is 0.522. The summed E-state index contributed by atoms with van der Waals surface area (Å²) in [4.78, 5) is 20.0. The van der Waals surface area contributed by atoms with Crippen molar-refractivity contribution in [1.29, 1.82) is 0 Å². The molecule has 1 aliphatic rings. The Balaban J connectivity index is 1.68. The highest BCUT2D eigenvalue weighted by molar-refractivity contribution is 7.90. The van der Waals surface area contributed by atoms with Gasteiger partial charge < -0.3 is 15.2 Å². The van der Waals surface area contributed by atoms with Gasteiger partial charge in [-0.05, 0) is 62.6 Å². The SMILES string of the molecule is Cc1c(Oc2ccc(S(C)(=O)=O)cc2F)ncnc1OC1CCC(C(C(N)=O)C(C)C)CC1. The van der Waals surface area contributed by atoms with E-state index in [9.17, 15) is 17.6 Å². The molecule has 0 aliphatic heterocycles. The zero-order valence-electron chi connectivity index (χ0n) is 19.2. The van der Waals surface area contributed by atoms with Crippen LogP contribution in [0.3, 0.4) is 0 Å². The van der Waals surface area contributed by atoms with Gasteiger partial charge in [0.1, 0.15) is 12.4 Å². The summed E-state index contributed by atoms with van der Waals surface area (Å²) >= 11 is 0. The minimum absolute atomic E-state index is 0.0748. The number of rotatable bonds is 8. The molecule has 1 aromatic heterocycles. The lowest BCUT2D eigenvalue weighted by Crippen LogP contribution is -2.37. The molecule has 0 radical (unpaired) electrons. The lowest BCUT2D eigenvalue weighted by Gasteiger charge is -2.34. The molecule has 3 rings (SSSR count). The molecule has 180 valence electrons. The molecule has 1 aromatic carbocycles. The van der Waals surface area contributed by atoms with E-state index in [1.54, 1.807) is 6.92 Å². The Morgan fingerprint density at radius 1 is 1.15 bits per heavy atom. The fourth-order valence-electron chi connectivity index (χ4n) is 4.37. The van der Waals surface area contributed by atoms with Crippen LogP contribution in [-0.2, 0) is 14.6 Å². The summed E-state index contributed by atoms with van der Waals surface area (Å²) in [5.74, 6) is -0.463. The summed E-state index contributed by atoms with van der Waals surface area (Å²) in [7, 11) is -3.53. The van der Waals surface area contributed by atoms with E-state index in [1.807, 2.05) is 13.8 Å². The number of ether oxygens (including phenoxy) is 2. The first-order chi connectivity index (χ1) is 15.5. The summed E-state index contributed by atoms with van der Waals surface area (Å²) in [6.07, 6.45) is 5.40. The first-order valence-corrected chi connectivity index (χ1v) is 12.8. The Bertz CT molecular complexity index is 1120. The molecule has 8 nitrogen and oxygen atoms in total. The van der Waals surface area contributed by atoms with E-state index in [-0.39, 0.29) is 46.3 Å². The van der Waals surface area contributed by atoms with Gasteiger partial charge in [-0.3, -0.25) is 4.79 Å². The van der Waals surface area contributed by atoms with E-state index in [4.69, 9.17) is 15.2 Å². The summed E-state index contributed by atoms with van der Waals surface area (Å²) in [6.45, 7) is 5.74. The van der Waals surface area contributed by atoms with Crippen molar-refractivity contribution in [3.63, 3.8) is 0 Å². The van der Waals surface area contributed by atoms with Crippen molar-refractivity contribution >= 4 is 15.7 Å². The van der Waals surface area contributed by atoms with Crippen LogP contribution in [0, 0.1) is 30.5 Å². The average molecular weight is 480 g/mol. The molecule has 2 aromatic rings. The Kier molecular flexibility index (Phi) is 7.56. The standard InChI is InChI=1S/C23H30FN3O5S/c1-13(2)20(21(25)28)15-5-7-16(8-6-15)31-22-14(3)23(27-12-26-22)32-19-10-9-17(11-18(19)24)33(4,29)30/h9-13,15-16,20H,5-8H2,1-4H3,(H2,25,28). The summed E-state index contributed by atoms with van der Waals surface area (Å²) in [5.41, 5.74) is 6.11. The van der Waals surface area contributed by atoms with Crippen molar-refractivity contribution in [1.82, 2.24) is 9.97 Å². The van der Waals surface area contributed by atoms with Crippen LogP contribution in [0.25, 0.3) is 0 Å². The Morgan fingerprint density at radius 3 is 2.33 bits per heavy atom. The van der Waals surface area contributed by atoms with E-state index < -0.39 is 15.7 Å². The highest BCUT2D eigenvalue weighted by Gasteiger charge is 2.33. The molecule has 1 heterocycles. The third kappa shape index (κ3) is 5.98. The summed E-state index contributed by atoms with van der Waals surface area (Å²) in [6, 6.07) is 3.43. The van der Waals surface area contributed by atoms with Crippen LogP contribution in [0.2, 0.25) is 0 Å². The molecule has 0 spiro atoms. The highest BCUT2D eigenvalue weighted by Crippen LogP contribution is 2.36. The van der Waals surface area contributed by atoms with Crippen LogP contribution < -0.4 is 15.2 Å². The molecule has 0 bridgehead atoms. The number of hydrogen-bond acceptors (Lipinski definition) is 7. The van der Waals surface area contributed by atoms with Crippen LogP contribution in [0.1, 0.15) is 45.1 Å². The fourth-order valence-corrected chi connectivity index (χ4v) is 5.00. The second-order valence-electron chi connectivity index (χ2n) is 8.90. The molecule has 2 N–H and O–H groups in total. The largest absolute Gasteiger partial charge is 0.474 e. The number of carbonyl (C=O) groups is 1. The number of halogens is 1. The zero-order valence-corrected chi connectivity index (χ0v) is 20.1.